The topological polar surface area (TPSA) is 85.3 Å². The maximum absolute atomic E-state index is 11.9. The quantitative estimate of drug-likeness (QED) is 0.801. The molecule has 20 heavy (non-hydrogen) atoms. The third kappa shape index (κ3) is 3.57. The van der Waals surface area contributed by atoms with Gasteiger partial charge in [0, 0.05) is 17.3 Å². The second-order valence-corrected chi connectivity index (χ2v) is 3.88. The molecule has 1 aromatic heterocycles. The van der Waals surface area contributed by atoms with E-state index in [-0.39, 0.29) is 11.5 Å². The van der Waals surface area contributed by atoms with Crippen LogP contribution in [0.3, 0.4) is 0 Å². The Balaban J connectivity index is 2.08. The minimum Gasteiger partial charge on any atom is -0.430 e. The first-order valence-corrected chi connectivity index (χ1v) is 5.88. The summed E-state index contributed by atoms with van der Waals surface area (Å²) in [6.45, 7) is 0.303. The van der Waals surface area contributed by atoms with E-state index in [1.165, 1.54) is 12.1 Å². The number of rotatable bonds is 2. The summed E-state index contributed by atoms with van der Waals surface area (Å²) in [7, 11) is 0. The van der Waals surface area contributed by atoms with Crippen molar-refractivity contribution in [2.24, 2.45) is 5.73 Å². The van der Waals surface area contributed by atoms with Crippen LogP contribution in [0.15, 0.2) is 51.9 Å². The Labute approximate surface area is 115 Å². The predicted octanol–water partition coefficient (Wildman–Crippen LogP) is 1.20. The number of anilines is 1. The molecule has 100 valence electrons. The number of carbonyl (C=O) groups excluding carboxylic acids is 1. The lowest BCUT2D eigenvalue weighted by Crippen LogP contribution is -2.12. The Hall–Kier alpha value is -2.84. The van der Waals surface area contributed by atoms with Gasteiger partial charge < -0.3 is 15.5 Å². The largest absolute Gasteiger partial charge is 0.430 e. The summed E-state index contributed by atoms with van der Waals surface area (Å²) in [5.74, 6) is 5.28. The summed E-state index contributed by atoms with van der Waals surface area (Å²) < 4.78 is 4.63. The van der Waals surface area contributed by atoms with Crippen molar-refractivity contribution >= 4 is 11.6 Å². The molecule has 0 aliphatic rings. The Morgan fingerprint density at radius 2 is 1.95 bits per heavy atom. The van der Waals surface area contributed by atoms with E-state index < -0.39 is 5.63 Å². The molecular weight excluding hydrogens is 256 g/mol. The van der Waals surface area contributed by atoms with E-state index in [9.17, 15) is 9.59 Å². The lowest BCUT2D eigenvalue weighted by atomic mass is 10.2. The molecule has 0 aliphatic heterocycles. The molecule has 3 N–H and O–H groups in total. The molecule has 0 spiro atoms. The fourth-order valence-electron chi connectivity index (χ4n) is 1.48. The van der Waals surface area contributed by atoms with Crippen molar-refractivity contribution in [3.63, 3.8) is 0 Å². The van der Waals surface area contributed by atoms with Crippen molar-refractivity contribution < 1.29 is 9.21 Å². The molecule has 1 amide bonds. The van der Waals surface area contributed by atoms with Gasteiger partial charge in [-0.05, 0) is 30.3 Å². The molecule has 2 rings (SSSR count). The zero-order valence-corrected chi connectivity index (χ0v) is 10.6. The summed E-state index contributed by atoms with van der Waals surface area (Å²) in [4.78, 5) is 22.7. The summed E-state index contributed by atoms with van der Waals surface area (Å²) in [5.41, 5.74) is 6.51. The summed E-state index contributed by atoms with van der Waals surface area (Å²) in [5, 5.41) is 2.69. The van der Waals surface area contributed by atoms with Crippen molar-refractivity contribution in [2.75, 3.05) is 11.9 Å². The van der Waals surface area contributed by atoms with Gasteiger partial charge in [-0.25, -0.2) is 4.79 Å². The molecular formula is C15H12N2O3. The molecule has 1 heterocycles. The highest BCUT2D eigenvalue weighted by atomic mass is 16.4. The Bertz CT molecular complexity index is 701. The molecule has 0 fully saturated rings. The fourth-order valence-corrected chi connectivity index (χ4v) is 1.48. The van der Waals surface area contributed by atoms with Crippen molar-refractivity contribution in [1.82, 2.24) is 0 Å². The lowest BCUT2D eigenvalue weighted by Gasteiger charge is -2.04. The van der Waals surface area contributed by atoms with Crippen LogP contribution in [0.2, 0.25) is 0 Å². The highest BCUT2D eigenvalue weighted by Crippen LogP contribution is 2.10. The molecule has 5 nitrogen and oxygen atoms in total. The third-order valence-corrected chi connectivity index (χ3v) is 2.44. The van der Waals surface area contributed by atoms with Gasteiger partial charge in [-0.2, -0.15) is 0 Å². The Morgan fingerprint density at radius 1 is 1.20 bits per heavy atom. The van der Waals surface area contributed by atoms with Gasteiger partial charge in [0.15, 0.2) is 0 Å². The number of hydrogen-bond acceptors (Lipinski definition) is 4. The first kappa shape index (κ1) is 13.6. The minimum absolute atomic E-state index is 0.275. The van der Waals surface area contributed by atoms with Gasteiger partial charge in [0.2, 0.25) is 0 Å². The second kappa shape index (κ2) is 6.36. The Morgan fingerprint density at radius 3 is 2.55 bits per heavy atom. The third-order valence-electron chi connectivity index (χ3n) is 2.44. The first-order chi connectivity index (χ1) is 9.69. The molecule has 0 atom stereocenters. The zero-order chi connectivity index (χ0) is 14.4. The SMILES string of the molecule is NCC#Cc1ccc(NC(=O)c2ccc(=O)oc2)cc1. The van der Waals surface area contributed by atoms with Gasteiger partial charge in [0.1, 0.15) is 6.26 Å². The normalized spacial score (nSPS) is 9.45. The van der Waals surface area contributed by atoms with Crippen LogP contribution in [0, 0.1) is 11.8 Å². The van der Waals surface area contributed by atoms with E-state index in [1.807, 2.05) is 0 Å². The van der Waals surface area contributed by atoms with Crippen LogP contribution in [-0.2, 0) is 0 Å². The maximum atomic E-state index is 11.9. The van der Waals surface area contributed by atoms with E-state index >= 15 is 0 Å². The summed E-state index contributed by atoms with van der Waals surface area (Å²) in [6, 6.07) is 9.63. The van der Waals surface area contributed by atoms with E-state index in [0.29, 0.717) is 12.2 Å². The van der Waals surface area contributed by atoms with Gasteiger partial charge in [-0.15, -0.1) is 0 Å². The standard InChI is InChI=1S/C15H12N2O3/c16-9-1-2-11-3-6-13(7-4-11)17-15(19)12-5-8-14(18)20-10-12/h3-8,10H,9,16H2,(H,17,19). The summed E-state index contributed by atoms with van der Waals surface area (Å²) >= 11 is 0. The number of nitrogens with two attached hydrogens (primary N) is 1. The average molecular weight is 268 g/mol. The monoisotopic (exact) mass is 268 g/mol. The highest BCUT2D eigenvalue weighted by Gasteiger charge is 2.06. The van der Waals surface area contributed by atoms with Crippen molar-refractivity contribution in [3.8, 4) is 11.8 Å². The molecule has 0 aliphatic carbocycles. The highest BCUT2D eigenvalue weighted by molar-refractivity contribution is 6.03. The average Bonchev–Trinajstić information content (AvgIpc) is 2.47. The zero-order valence-electron chi connectivity index (χ0n) is 10.6. The van der Waals surface area contributed by atoms with Crippen molar-refractivity contribution in [3.05, 3.63) is 64.2 Å². The number of benzene rings is 1. The van der Waals surface area contributed by atoms with Gasteiger partial charge in [-0.3, -0.25) is 4.79 Å². The summed E-state index contributed by atoms with van der Waals surface area (Å²) in [6.07, 6.45) is 1.12. The van der Waals surface area contributed by atoms with Gasteiger partial charge in [0.25, 0.3) is 5.91 Å². The van der Waals surface area contributed by atoms with Crippen LogP contribution in [0.5, 0.6) is 0 Å². The predicted molar refractivity (Wildman–Crippen MR) is 75.3 cm³/mol. The van der Waals surface area contributed by atoms with Crippen LogP contribution in [0.25, 0.3) is 0 Å². The minimum atomic E-state index is -0.496. The molecule has 0 saturated carbocycles. The number of amides is 1. The molecule has 0 unspecified atom stereocenters. The number of carbonyl (C=O) groups is 1. The Kier molecular flexibility index (Phi) is 4.32. The molecule has 0 saturated heterocycles. The second-order valence-electron chi connectivity index (χ2n) is 3.88. The molecule has 0 radical (unpaired) electrons. The van der Waals surface area contributed by atoms with Crippen LogP contribution in [0.4, 0.5) is 5.69 Å². The van der Waals surface area contributed by atoms with Crippen molar-refractivity contribution in [2.45, 2.75) is 0 Å². The lowest BCUT2D eigenvalue weighted by molar-refractivity contribution is 0.102. The van der Waals surface area contributed by atoms with Gasteiger partial charge in [-0.1, -0.05) is 11.8 Å². The smallest absolute Gasteiger partial charge is 0.335 e. The number of nitrogens with one attached hydrogen (secondary N) is 1. The molecule has 1 aromatic carbocycles. The molecule has 0 bridgehead atoms. The van der Waals surface area contributed by atoms with Crippen LogP contribution >= 0.6 is 0 Å². The van der Waals surface area contributed by atoms with Gasteiger partial charge >= 0.3 is 5.63 Å². The van der Waals surface area contributed by atoms with Crippen LogP contribution in [-0.4, -0.2) is 12.5 Å². The van der Waals surface area contributed by atoms with Crippen LogP contribution in [0.1, 0.15) is 15.9 Å². The van der Waals surface area contributed by atoms with Gasteiger partial charge in [0.05, 0.1) is 12.1 Å². The van der Waals surface area contributed by atoms with E-state index in [4.69, 9.17) is 5.73 Å². The van der Waals surface area contributed by atoms with E-state index in [1.54, 1.807) is 24.3 Å². The maximum Gasteiger partial charge on any atom is 0.335 e. The van der Waals surface area contributed by atoms with E-state index in [0.717, 1.165) is 11.8 Å². The molecule has 5 heteroatoms. The molecule has 2 aromatic rings. The fraction of sp³-hybridized carbons (Fsp3) is 0.0667. The van der Waals surface area contributed by atoms with Crippen LogP contribution < -0.4 is 16.7 Å². The number of hydrogen-bond donors (Lipinski definition) is 2. The van der Waals surface area contributed by atoms with Crippen molar-refractivity contribution in [1.29, 1.82) is 0 Å². The first-order valence-electron chi connectivity index (χ1n) is 5.88. The van der Waals surface area contributed by atoms with E-state index in [2.05, 4.69) is 21.6 Å².